The summed E-state index contributed by atoms with van der Waals surface area (Å²) in [5, 5.41) is 0.679. The van der Waals surface area contributed by atoms with Gasteiger partial charge in [0.2, 0.25) is 0 Å². The molecule has 158 valence electrons. The third-order valence-electron chi connectivity index (χ3n) is 5.10. The number of hydrogen-bond donors (Lipinski definition) is 0. The summed E-state index contributed by atoms with van der Waals surface area (Å²) in [4.78, 5) is 21.2. The van der Waals surface area contributed by atoms with Crippen molar-refractivity contribution in [3.05, 3.63) is 42.0 Å². The van der Waals surface area contributed by atoms with Gasteiger partial charge in [0.15, 0.2) is 16.6 Å². The Morgan fingerprint density at radius 2 is 2.07 bits per heavy atom. The van der Waals surface area contributed by atoms with Gasteiger partial charge in [0.25, 0.3) is 5.91 Å². The molecular formula is C22H24N2O4S2. The Kier molecular flexibility index (Phi) is 6.46. The summed E-state index contributed by atoms with van der Waals surface area (Å²) >= 11 is 3.22. The number of amides is 1. The number of ether oxygens (including phenoxy) is 3. The fraction of sp³-hybridized carbons (Fsp3) is 0.364. The largest absolute Gasteiger partial charge is 0.493 e. The molecule has 1 fully saturated rings. The second-order valence-electron chi connectivity index (χ2n) is 6.95. The molecule has 0 aliphatic carbocycles. The summed E-state index contributed by atoms with van der Waals surface area (Å²) in [7, 11) is 3.14. The van der Waals surface area contributed by atoms with E-state index in [9.17, 15) is 4.79 Å². The summed E-state index contributed by atoms with van der Waals surface area (Å²) in [6.45, 7) is 1.21. The van der Waals surface area contributed by atoms with E-state index in [1.165, 1.54) is 16.2 Å². The molecule has 0 N–H and O–H groups in total. The van der Waals surface area contributed by atoms with Crippen molar-refractivity contribution in [2.24, 2.45) is 0 Å². The van der Waals surface area contributed by atoms with Gasteiger partial charge < -0.3 is 14.2 Å². The maximum absolute atomic E-state index is 13.5. The first-order valence-electron chi connectivity index (χ1n) is 9.73. The molecule has 1 aromatic heterocycles. The van der Waals surface area contributed by atoms with Crippen molar-refractivity contribution < 1.29 is 19.0 Å². The molecule has 4 rings (SSSR count). The van der Waals surface area contributed by atoms with Crippen molar-refractivity contribution in [3.63, 3.8) is 0 Å². The summed E-state index contributed by atoms with van der Waals surface area (Å²) in [5.41, 5.74) is 1.42. The van der Waals surface area contributed by atoms with E-state index in [4.69, 9.17) is 19.2 Å². The normalized spacial score (nSPS) is 16.0. The van der Waals surface area contributed by atoms with Crippen LogP contribution in [0.25, 0.3) is 10.2 Å². The lowest BCUT2D eigenvalue weighted by molar-refractivity contribution is 0.0917. The minimum absolute atomic E-state index is 0.0165. The number of methoxy groups -OCH3 is 2. The van der Waals surface area contributed by atoms with Crippen molar-refractivity contribution in [3.8, 4) is 11.5 Å². The lowest BCUT2D eigenvalue weighted by Gasteiger charge is -2.23. The Hall–Kier alpha value is -2.29. The summed E-state index contributed by atoms with van der Waals surface area (Å²) in [6.07, 6.45) is 4.02. The monoisotopic (exact) mass is 444 g/mol. The molecule has 1 saturated heterocycles. The Morgan fingerprint density at radius 1 is 1.23 bits per heavy atom. The lowest BCUT2D eigenvalue weighted by Crippen LogP contribution is -2.37. The van der Waals surface area contributed by atoms with E-state index in [-0.39, 0.29) is 12.0 Å². The molecule has 3 aromatic rings. The molecule has 1 unspecified atom stereocenters. The Labute approximate surface area is 184 Å². The number of thiazole rings is 1. The van der Waals surface area contributed by atoms with Crippen LogP contribution < -0.4 is 14.4 Å². The number of aromatic nitrogens is 1. The minimum Gasteiger partial charge on any atom is -0.493 e. The van der Waals surface area contributed by atoms with Crippen LogP contribution in [0, 0.1) is 0 Å². The van der Waals surface area contributed by atoms with Crippen LogP contribution in [0.1, 0.15) is 23.2 Å². The number of anilines is 1. The zero-order chi connectivity index (χ0) is 21.1. The number of rotatable bonds is 7. The van der Waals surface area contributed by atoms with Gasteiger partial charge in [-0.15, -0.1) is 11.8 Å². The molecule has 1 amide bonds. The van der Waals surface area contributed by atoms with E-state index in [1.54, 1.807) is 49.1 Å². The molecule has 30 heavy (non-hydrogen) atoms. The second kappa shape index (κ2) is 9.24. The number of fused-ring (bicyclic) bond motifs is 1. The van der Waals surface area contributed by atoms with Gasteiger partial charge in [-0.25, -0.2) is 4.98 Å². The summed E-state index contributed by atoms with van der Waals surface area (Å²) < 4.78 is 17.6. The number of carbonyl (C=O) groups excluding carboxylic acids is 1. The Balaban J connectivity index is 1.71. The molecule has 1 aliphatic heterocycles. The highest BCUT2D eigenvalue weighted by Crippen LogP contribution is 2.34. The number of benzene rings is 2. The molecule has 6 nitrogen and oxygen atoms in total. The van der Waals surface area contributed by atoms with Crippen molar-refractivity contribution >= 4 is 44.4 Å². The molecule has 0 bridgehead atoms. The van der Waals surface area contributed by atoms with Crippen LogP contribution in [-0.4, -0.2) is 50.6 Å². The number of nitrogens with zero attached hydrogens (tertiary/aromatic N) is 2. The van der Waals surface area contributed by atoms with Crippen LogP contribution >= 0.6 is 23.1 Å². The van der Waals surface area contributed by atoms with E-state index >= 15 is 0 Å². The molecule has 2 aromatic carbocycles. The van der Waals surface area contributed by atoms with Gasteiger partial charge in [0.1, 0.15) is 0 Å². The van der Waals surface area contributed by atoms with Gasteiger partial charge in [0, 0.05) is 17.1 Å². The van der Waals surface area contributed by atoms with Crippen LogP contribution in [0.2, 0.25) is 0 Å². The topological polar surface area (TPSA) is 60.9 Å². The molecule has 0 saturated carbocycles. The van der Waals surface area contributed by atoms with E-state index in [1.807, 2.05) is 12.3 Å². The van der Waals surface area contributed by atoms with Gasteiger partial charge in [-0.05, 0) is 55.5 Å². The third kappa shape index (κ3) is 4.26. The average molecular weight is 445 g/mol. The third-order valence-corrected chi connectivity index (χ3v) is 6.87. The van der Waals surface area contributed by atoms with Gasteiger partial charge in [-0.1, -0.05) is 11.3 Å². The van der Waals surface area contributed by atoms with Gasteiger partial charge in [0.05, 0.1) is 37.1 Å². The summed E-state index contributed by atoms with van der Waals surface area (Å²) in [6, 6.07) is 11.4. The molecule has 1 atom stereocenters. The molecule has 2 heterocycles. The van der Waals surface area contributed by atoms with Gasteiger partial charge in [-0.2, -0.15) is 0 Å². The fourth-order valence-electron chi connectivity index (χ4n) is 3.50. The Morgan fingerprint density at radius 3 is 2.77 bits per heavy atom. The molecule has 0 spiro atoms. The summed E-state index contributed by atoms with van der Waals surface area (Å²) in [5.74, 6) is 0.981. The fourth-order valence-corrected chi connectivity index (χ4v) is 5.03. The predicted molar refractivity (Wildman–Crippen MR) is 122 cm³/mol. The second-order valence-corrected chi connectivity index (χ2v) is 8.84. The number of thioether (sulfide) groups is 1. The zero-order valence-electron chi connectivity index (χ0n) is 17.2. The highest BCUT2D eigenvalue weighted by Gasteiger charge is 2.27. The van der Waals surface area contributed by atoms with Crippen LogP contribution in [0.3, 0.4) is 0 Å². The minimum atomic E-state index is -0.129. The first-order chi connectivity index (χ1) is 14.6. The quantitative estimate of drug-likeness (QED) is 0.485. The van der Waals surface area contributed by atoms with E-state index in [0.29, 0.717) is 28.7 Å². The van der Waals surface area contributed by atoms with Crippen molar-refractivity contribution in [2.75, 3.05) is 38.5 Å². The van der Waals surface area contributed by atoms with Crippen LogP contribution in [0.5, 0.6) is 11.5 Å². The van der Waals surface area contributed by atoms with E-state index in [2.05, 4.69) is 12.1 Å². The highest BCUT2D eigenvalue weighted by atomic mass is 32.2. The SMILES string of the molecule is COc1ccc(C(=O)N(CC2CCCO2)c2nc3ccc(SC)cc3s2)cc1OC. The first kappa shape index (κ1) is 21.0. The van der Waals surface area contributed by atoms with Crippen molar-refractivity contribution in [1.82, 2.24) is 4.98 Å². The van der Waals surface area contributed by atoms with Crippen molar-refractivity contribution in [1.29, 1.82) is 0 Å². The van der Waals surface area contributed by atoms with Gasteiger partial charge in [-0.3, -0.25) is 9.69 Å². The molecule has 0 radical (unpaired) electrons. The van der Waals surface area contributed by atoms with E-state index < -0.39 is 0 Å². The maximum atomic E-state index is 13.5. The van der Waals surface area contributed by atoms with Crippen LogP contribution in [-0.2, 0) is 4.74 Å². The Bertz CT molecular complexity index is 1050. The lowest BCUT2D eigenvalue weighted by atomic mass is 10.1. The maximum Gasteiger partial charge on any atom is 0.260 e. The van der Waals surface area contributed by atoms with Crippen LogP contribution in [0.15, 0.2) is 41.3 Å². The molecule has 1 aliphatic rings. The van der Waals surface area contributed by atoms with Crippen LogP contribution in [0.4, 0.5) is 5.13 Å². The van der Waals surface area contributed by atoms with Crippen molar-refractivity contribution in [2.45, 2.75) is 23.8 Å². The zero-order valence-corrected chi connectivity index (χ0v) is 18.8. The standard InChI is InChI=1S/C22H24N2O4S2/c1-26-18-9-6-14(11-19(18)27-2)21(25)24(13-15-5-4-10-28-15)22-23-17-8-7-16(29-3)12-20(17)30-22/h6-9,11-12,15H,4-5,10,13H2,1-3H3. The van der Waals surface area contributed by atoms with Gasteiger partial charge >= 0.3 is 0 Å². The molecule has 8 heteroatoms. The number of hydrogen-bond acceptors (Lipinski definition) is 7. The molecular weight excluding hydrogens is 420 g/mol. The predicted octanol–water partition coefficient (Wildman–Crippen LogP) is 4.86. The number of carbonyl (C=O) groups is 1. The average Bonchev–Trinajstić information content (AvgIpc) is 3.45. The smallest absolute Gasteiger partial charge is 0.260 e. The van der Waals surface area contributed by atoms with E-state index in [0.717, 1.165) is 29.7 Å². The highest BCUT2D eigenvalue weighted by molar-refractivity contribution is 7.98. The first-order valence-corrected chi connectivity index (χ1v) is 11.8.